The van der Waals surface area contributed by atoms with Crippen LogP contribution in [0, 0.1) is 17.8 Å². The van der Waals surface area contributed by atoms with Crippen LogP contribution in [0.4, 0.5) is 0 Å². The molecule has 5 rings (SSSR count). The molecule has 6 unspecified atom stereocenters. The van der Waals surface area contributed by atoms with E-state index in [0.717, 1.165) is 25.7 Å². The third-order valence-electron chi connectivity index (χ3n) is 8.09. The molecule has 2 bridgehead atoms. The highest BCUT2D eigenvalue weighted by Gasteiger charge is 2.62. The normalized spacial score (nSPS) is 44.8. The van der Waals surface area contributed by atoms with Gasteiger partial charge in [0.25, 0.3) is 0 Å². The predicted octanol–water partition coefficient (Wildman–Crippen LogP) is 2.94. The predicted molar refractivity (Wildman–Crippen MR) is 112 cm³/mol. The highest BCUT2D eigenvalue weighted by molar-refractivity contribution is 5.24. The standard InChI is InChI=1S/C23H39N3O2/c1-21(2)19-8-9-23(28-21,15-22(19,25)10-11-27)18-5-3-4-16(13-18)12-17-6-7-20(24)26-14-17/h6-7,14,16,18-20,26-27H,3-5,8-13,15,24-25H2,1-2H3. The Hall–Kier alpha value is -0.880. The van der Waals surface area contributed by atoms with E-state index in [9.17, 15) is 5.11 Å². The molecule has 0 aromatic carbocycles. The van der Waals surface area contributed by atoms with Crippen molar-refractivity contribution in [3.8, 4) is 0 Å². The number of allylic oxidation sites excluding steroid dienone is 2. The monoisotopic (exact) mass is 389 g/mol. The van der Waals surface area contributed by atoms with Crippen LogP contribution in [-0.4, -0.2) is 34.6 Å². The Morgan fingerprint density at radius 3 is 2.79 bits per heavy atom. The summed E-state index contributed by atoms with van der Waals surface area (Å²) < 4.78 is 6.87. The highest BCUT2D eigenvalue weighted by Crippen LogP contribution is 2.59. The Kier molecular flexibility index (Phi) is 5.41. The lowest BCUT2D eigenvalue weighted by Crippen LogP contribution is -2.72. The topological polar surface area (TPSA) is 93.5 Å². The van der Waals surface area contributed by atoms with Crippen LogP contribution in [0.25, 0.3) is 0 Å². The molecule has 0 aromatic rings. The highest BCUT2D eigenvalue weighted by atomic mass is 16.5. The number of hydrogen-bond acceptors (Lipinski definition) is 5. The summed E-state index contributed by atoms with van der Waals surface area (Å²) in [5.74, 6) is 1.59. The summed E-state index contributed by atoms with van der Waals surface area (Å²) in [6.45, 7) is 4.61. The molecular weight excluding hydrogens is 350 g/mol. The lowest BCUT2D eigenvalue weighted by molar-refractivity contribution is -0.287. The third kappa shape index (κ3) is 3.67. The van der Waals surface area contributed by atoms with Crippen LogP contribution in [0.15, 0.2) is 23.9 Å². The van der Waals surface area contributed by atoms with Crippen molar-refractivity contribution in [1.29, 1.82) is 0 Å². The first kappa shape index (κ1) is 20.4. The summed E-state index contributed by atoms with van der Waals surface area (Å²) in [6, 6.07) is 0. The van der Waals surface area contributed by atoms with E-state index in [4.69, 9.17) is 16.2 Å². The third-order valence-corrected chi connectivity index (χ3v) is 8.09. The minimum Gasteiger partial charge on any atom is -0.396 e. The van der Waals surface area contributed by atoms with Gasteiger partial charge in [-0.3, -0.25) is 0 Å². The summed E-state index contributed by atoms with van der Waals surface area (Å²) in [4.78, 5) is 0. The van der Waals surface area contributed by atoms with E-state index < -0.39 is 0 Å². The maximum atomic E-state index is 9.67. The molecule has 2 saturated carbocycles. The van der Waals surface area contributed by atoms with Gasteiger partial charge in [-0.15, -0.1) is 0 Å². The summed E-state index contributed by atoms with van der Waals surface area (Å²) >= 11 is 0. The van der Waals surface area contributed by atoms with Crippen LogP contribution in [0.2, 0.25) is 0 Å². The zero-order valence-corrected chi connectivity index (χ0v) is 17.6. The zero-order chi connectivity index (χ0) is 20.0. The number of nitrogens with two attached hydrogens (primary N) is 2. The molecule has 28 heavy (non-hydrogen) atoms. The number of rotatable bonds is 5. The Bertz CT molecular complexity index is 646. The minimum absolute atomic E-state index is 0.0565. The van der Waals surface area contributed by atoms with E-state index in [0.29, 0.717) is 24.2 Å². The van der Waals surface area contributed by atoms with E-state index in [1.807, 2.05) is 6.08 Å². The first-order valence-electron chi connectivity index (χ1n) is 11.3. The molecule has 2 aliphatic carbocycles. The summed E-state index contributed by atoms with van der Waals surface area (Å²) in [6.07, 6.45) is 16.2. The Balaban J connectivity index is 1.50. The van der Waals surface area contributed by atoms with E-state index in [1.54, 1.807) is 0 Å². The van der Waals surface area contributed by atoms with Gasteiger partial charge in [0.1, 0.15) is 0 Å². The van der Waals surface area contributed by atoms with Gasteiger partial charge in [0, 0.05) is 24.3 Å². The molecule has 5 aliphatic rings. The molecule has 6 N–H and O–H groups in total. The molecule has 3 heterocycles. The Morgan fingerprint density at radius 1 is 1.29 bits per heavy atom. The number of aliphatic hydroxyl groups excluding tert-OH is 1. The fourth-order valence-corrected chi connectivity index (χ4v) is 7.02. The van der Waals surface area contributed by atoms with Crippen LogP contribution < -0.4 is 16.8 Å². The molecule has 0 spiro atoms. The average molecular weight is 390 g/mol. The molecule has 4 fully saturated rings. The second-order valence-corrected chi connectivity index (χ2v) is 10.4. The molecule has 5 nitrogen and oxygen atoms in total. The van der Waals surface area contributed by atoms with Crippen molar-refractivity contribution in [1.82, 2.24) is 5.32 Å². The smallest absolute Gasteiger partial charge is 0.0934 e. The molecule has 6 atom stereocenters. The van der Waals surface area contributed by atoms with Crippen molar-refractivity contribution in [3.63, 3.8) is 0 Å². The molecule has 158 valence electrons. The van der Waals surface area contributed by atoms with Crippen molar-refractivity contribution in [2.24, 2.45) is 29.2 Å². The lowest BCUT2D eigenvalue weighted by Gasteiger charge is -2.65. The van der Waals surface area contributed by atoms with Gasteiger partial charge in [-0.05, 0) is 82.3 Å². The van der Waals surface area contributed by atoms with Gasteiger partial charge in [-0.1, -0.05) is 18.9 Å². The maximum Gasteiger partial charge on any atom is 0.0934 e. The van der Waals surface area contributed by atoms with Gasteiger partial charge in [0.2, 0.25) is 0 Å². The number of ether oxygens (including phenoxy) is 1. The SMILES string of the molecule is CC1(C)OC2(C3CCCC(CC4=CNC(N)C=C4)C3)CCC1C(N)(CCO)C2. The fourth-order valence-electron chi connectivity index (χ4n) is 7.02. The number of fused-ring (bicyclic) bond motifs is 3. The van der Waals surface area contributed by atoms with Gasteiger partial charge >= 0.3 is 0 Å². The summed E-state index contributed by atoms with van der Waals surface area (Å²) in [5.41, 5.74) is 13.6. The van der Waals surface area contributed by atoms with Crippen molar-refractivity contribution in [2.45, 2.75) is 94.5 Å². The first-order chi connectivity index (χ1) is 13.3. The molecular formula is C23H39N3O2. The van der Waals surface area contributed by atoms with Crippen LogP contribution in [0.5, 0.6) is 0 Å². The van der Waals surface area contributed by atoms with Crippen molar-refractivity contribution < 1.29 is 9.84 Å². The lowest BCUT2D eigenvalue weighted by atomic mass is 9.53. The molecule has 0 radical (unpaired) electrons. The van der Waals surface area contributed by atoms with Crippen LogP contribution in [0.3, 0.4) is 0 Å². The van der Waals surface area contributed by atoms with Gasteiger partial charge in [0.15, 0.2) is 0 Å². The van der Waals surface area contributed by atoms with Gasteiger partial charge in [0.05, 0.1) is 17.4 Å². The van der Waals surface area contributed by atoms with Gasteiger partial charge < -0.3 is 26.6 Å². The number of hydrogen-bond donors (Lipinski definition) is 4. The van der Waals surface area contributed by atoms with Crippen LogP contribution in [0.1, 0.15) is 71.6 Å². The average Bonchev–Trinajstić information content (AvgIpc) is 2.63. The van der Waals surface area contributed by atoms with Crippen LogP contribution >= 0.6 is 0 Å². The molecule has 0 aromatic heterocycles. The van der Waals surface area contributed by atoms with Gasteiger partial charge in [-0.25, -0.2) is 0 Å². The molecule has 5 heteroatoms. The minimum atomic E-state index is -0.295. The summed E-state index contributed by atoms with van der Waals surface area (Å²) in [5, 5.41) is 12.9. The maximum absolute atomic E-state index is 9.67. The van der Waals surface area contributed by atoms with E-state index in [1.165, 1.54) is 31.3 Å². The number of nitrogens with one attached hydrogen (secondary N) is 1. The second kappa shape index (κ2) is 7.42. The Labute approximate surface area is 170 Å². The largest absolute Gasteiger partial charge is 0.396 e. The van der Waals surface area contributed by atoms with Gasteiger partial charge in [-0.2, -0.15) is 0 Å². The van der Waals surface area contributed by atoms with Crippen molar-refractivity contribution in [3.05, 3.63) is 23.9 Å². The molecule has 2 saturated heterocycles. The van der Waals surface area contributed by atoms with Crippen molar-refractivity contribution >= 4 is 0 Å². The van der Waals surface area contributed by atoms with Crippen molar-refractivity contribution in [2.75, 3.05) is 6.61 Å². The zero-order valence-electron chi connectivity index (χ0n) is 17.6. The quantitative estimate of drug-likeness (QED) is 0.580. The van der Waals surface area contributed by atoms with E-state index >= 15 is 0 Å². The van der Waals surface area contributed by atoms with E-state index in [2.05, 4.69) is 31.4 Å². The Morgan fingerprint density at radius 2 is 2.11 bits per heavy atom. The second-order valence-electron chi connectivity index (χ2n) is 10.4. The van der Waals surface area contributed by atoms with Crippen LogP contribution in [-0.2, 0) is 4.74 Å². The number of dihydropyridines is 1. The first-order valence-corrected chi connectivity index (χ1v) is 11.3. The van der Waals surface area contributed by atoms with E-state index in [-0.39, 0.29) is 29.5 Å². The number of aliphatic hydroxyl groups is 1. The molecule has 3 aliphatic heterocycles. The fraction of sp³-hybridized carbons (Fsp3) is 0.826. The summed E-state index contributed by atoms with van der Waals surface area (Å²) in [7, 11) is 0. The molecule has 0 amide bonds.